The van der Waals surface area contributed by atoms with Crippen LogP contribution in [0.4, 0.5) is 32.0 Å². The van der Waals surface area contributed by atoms with Crippen LogP contribution in [-0.4, -0.2) is 44.1 Å². The molecule has 0 aliphatic rings. The van der Waals surface area contributed by atoms with Crippen LogP contribution in [0.5, 0.6) is 0 Å². The monoisotopic (exact) mass is 471 g/mol. The fraction of sp³-hybridized carbons (Fsp3) is 0.438. The molecule has 0 spiro atoms. The van der Waals surface area contributed by atoms with Crippen LogP contribution in [0, 0.1) is 11.3 Å². The molecule has 2 rings (SSSR count). The summed E-state index contributed by atoms with van der Waals surface area (Å²) in [5.41, 5.74) is -2.56. The number of sulfonamides is 1. The summed E-state index contributed by atoms with van der Waals surface area (Å²) >= 11 is 0. The number of nitrogens with zero attached hydrogens (tertiary/aromatic N) is 4. The average Bonchev–Trinajstić information content (AvgIpc) is 3.05. The van der Waals surface area contributed by atoms with E-state index in [4.69, 9.17) is 9.78 Å². The first-order chi connectivity index (χ1) is 14.2. The highest BCUT2D eigenvalue weighted by Gasteiger charge is 2.36. The molecule has 0 bridgehead atoms. The number of rotatable bonds is 8. The predicted molar refractivity (Wildman–Crippen MR) is 94.1 cm³/mol. The summed E-state index contributed by atoms with van der Waals surface area (Å²) in [7, 11) is -3.47. The fourth-order valence-corrected chi connectivity index (χ4v) is 2.96. The SMILES string of the molecule is CS(=O)(=O)NCCc1nc(CN(CC(F)(F)F)c2ccc(C#N)c(C(F)(F)F)c2)no1. The van der Waals surface area contributed by atoms with Crippen LogP contribution >= 0.6 is 0 Å². The van der Waals surface area contributed by atoms with Gasteiger partial charge in [-0.2, -0.15) is 36.6 Å². The van der Waals surface area contributed by atoms with E-state index >= 15 is 0 Å². The molecule has 0 saturated heterocycles. The second-order valence-corrected chi connectivity index (χ2v) is 8.16. The van der Waals surface area contributed by atoms with Crippen LogP contribution in [0.2, 0.25) is 0 Å². The second-order valence-electron chi connectivity index (χ2n) is 6.33. The maximum absolute atomic E-state index is 13.2. The zero-order valence-electron chi connectivity index (χ0n) is 15.8. The lowest BCUT2D eigenvalue weighted by Crippen LogP contribution is -2.34. The summed E-state index contributed by atoms with van der Waals surface area (Å²) in [6.07, 6.45) is -8.84. The molecule has 15 heteroatoms. The zero-order valence-corrected chi connectivity index (χ0v) is 16.6. The van der Waals surface area contributed by atoms with Gasteiger partial charge in [0.1, 0.15) is 6.54 Å². The number of aromatic nitrogens is 2. The lowest BCUT2D eigenvalue weighted by Gasteiger charge is -2.25. The van der Waals surface area contributed by atoms with Gasteiger partial charge in [-0.1, -0.05) is 5.16 Å². The third-order valence-corrected chi connectivity index (χ3v) is 4.44. The molecular weight excluding hydrogens is 456 g/mol. The van der Waals surface area contributed by atoms with Crippen LogP contribution in [-0.2, 0) is 29.2 Å². The highest BCUT2D eigenvalue weighted by atomic mass is 32.2. The van der Waals surface area contributed by atoms with Crippen LogP contribution in [0.1, 0.15) is 22.8 Å². The molecule has 0 aliphatic heterocycles. The molecule has 0 saturated carbocycles. The molecule has 0 amide bonds. The first-order valence-electron chi connectivity index (χ1n) is 8.37. The summed E-state index contributed by atoms with van der Waals surface area (Å²) in [5.74, 6) is -0.328. The van der Waals surface area contributed by atoms with Crippen molar-refractivity contribution >= 4 is 15.7 Å². The van der Waals surface area contributed by atoms with Crippen LogP contribution in [0.25, 0.3) is 0 Å². The number of benzene rings is 1. The first-order valence-corrected chi connectivity index (χ1v) is 10.3. The number of anilines is 1. The predicted octanol–water partition coefficient (Wildman–Crippen LogP) is 2.62. The van der Waals surface area contributed by atoms with Crippen molar-refractivity contribution < 1.29 is 39.3 Å². The third-order valence-electron chi connectivity index (χ3n) is 3.71. The molecule has 1 aromatic carbocycles. The summed E-state index contributed by atoms with van der Waals surface area (Å²) in [6, 6.07) is 3.53. The molecule has 0 aliphatic carbocycles. The normalized spacial score (nSPS) is 12.6. The molecule has 1 N–H and O–H groups in total. The van der Waals surface area contributed by atoms with Gasteiger partial charge in [0.2, 0.25) is 15.9 Å². The van der Waals surface area contributed by atoms with E-state index in [2.05, 4.69) is 14.9 Å². The Morgan fingerprint density at radius 1 is 1.23 bits per heavy atom. The molecule has 1 aromatic heterocycles. The molecule has 8 nitrogen and oxygen atoms in total. The van der Waals surface area contributed by atoms with Crippen molar-refractivity contribution in [1.29, 1.82) is 5.26 Å². The van der Waals surface area contributed by atoms with E-state index in [0.29, 0.717) is 11.0 Å². The van der Waals surface area contributed by atoms with Gasteiger partial charge in [0.15, 0.2) is 5.82 Å². The Labute approximate surface area is 172 Å². The Kier molecular flexibility index (Phi) is 7.17. The van der Waals surface area contributed by atoms with Crippen LogP contribution in [0.15, 0.2) is 22.7 Å². The van der Waals surface area contributed by atoms with E-state index in [9.17, 15) is 34.8 Å². The van der Waals surface area contributed by atoms with Crippen LogP contribution < -0.4 is 9.62 Å². The third kappa shape index (κ3) is 7.72. The smallest absolute Gasteiger partial charge is 0.355 e. The van der Waals surface area contributed by atoms with Gasteiger partial charge in [-0.25, -0.2) is 13.1 Å². The Hall–Kier alpha value is -2.86. The second kappa shape index (κ2) is 9.10. The van der Waals surface area contributed by atoms with Crippen molar-refractivity contribution in [2.75, 3.05) is 24.2 Å². The van der Waals surface area contributed by atoms with Gasteiger partial charge in [0.25, 0.3) is 0 Å². The molecule has 0 fully saturated rings. The van der Waals surface area contributed by atoms with E-state index in [1.54, 1.807) is 0 Å². The van der Waals surface area contributed by atoms with Crippen LogP contribution in [0.3, 0.4) is 0 Å². The van der Waals surface area contributed by atoms with E-state index < -0.39 is 52.3 Å². The minimum Gasteiger partial charge on any atom is -0.355 e. The van der Waals surface area contributed by atoms with Gasteiger partial charge >= 0.3 is 12.4 Å². The Morgan fingerprint density at radius 3 is 2.45 bits per heavy atom. The number of nitriles is 1. The summed E-state index contributed by atoms with van der Waals surface area (Å²) in [4.78, 5) is 4.39. The molecule has 0 atom stereocenters. The Morgan fingerprint density at radius 2 is 1.90 bits per heavy atom. The lowest BCUT2D eigenvalue weighted by molar-refractivity contribution is -0.137. The van der Waals surface area contributed by atoms with Crippen molar-refractivity contribution in [1.82, 2.24) is 14.9 Å². The molecule has 170 valence electrons. The van der Waals surface area contributed by atoms with E-state index in [1.165, 1.54) is 6.07 Å². The Balaban J connectivity index is 2.28. The summed E-state index contributed by atoms with van der Waals surface area (Å²) < 4.78 is 108. The van der Waals surface area contributed by atoms with Gasteiger partial charge in [-0.05, 0) is 18.2 Å². The molecule has 0 radical (unpaired) electrons. The maximum Gasteiger partial charge on any atom is 0.417 e. The quantitative estimate of drug-likeness (QED) is 0.589. The number of nitrogens with one attached hydrogen (secondary N) is 1. The molecule has 31 heavy (non-hydrogen) atoms. The molecule has 0 unspecified atom stereocenters. The minimum absolute atomic E-state index is 0.0472. The first kappa shape index (κ1) is 24.4. The lowest BCUT2D eigenvalue weighted by atomic mass is 10.1. The van der Waals surface area contributed by atoms with E-state index in [1.807, 2.05) is 0 Å². The maximum atomic E-state index is 13.2. The standard InChI is InChI=1S/C16H15F6N5O3S/c1-31(28,29)24-5-4-14-25-13(26-30-14)8-27(9-15(17,18)19)11-3-2-10(7-23)12(6-11)16(20,21)22/h2-3,6,24H,4-5,8-9H2,1H3. The van der Waals surface area contributed by atoms with Crippen molar-refractivity contribution in [2.24, 2.45) is 0 Å². The number of halogens is 6. The molecule has 1 heterocycles. The van der Waals surface area contributed by atoms with Gasteiger partial charge in [-0.3, -0.25) is 0 Å². The average molecular weight is 471 g/mol. The van der Waals surface area contributed by atoms with E-state index in [-0.39, 0.29) is 24.7 Å². The summed E-state index contributed by atoms with van der Waals surface area (Å²) in [6.45, 7) is -2.36. The minimum atomic E-state index is -4.95. The van der Waals surface area contributed by atoms with Gasteiger partial charge in [0.05, 0.1) is 30.0 Å². The van der Waals surface area contributed by atoms with Gasteiger partial charge in [-0.15, -0.1) is 0 Å². The number of alkyl halides is 6. The highest BCUT2D eigenvalue weighted by Crippen LogP contribution is 2.35. The zero-order chi connectivity index (χ0) is 23.4. The molecular formula is C16H15F6N5O3S. The van der Waals surface area contributed by atoms with E-state index in [0.717, 1.165) is 18.4 Å². The fourth-order valence-electron chi connectivity index (χ4n) is 2.49. The van der Waals surface area contributed by atoms with Gasteiger partial charge < -0.3 is 9.42 Å². The highest BCUT2D eigenvalue weighted by molar-refractivity contribution is 7.88. The Bertz CT molecular complexity index is 1060. The summed E-state index contributed by atoms with van der Waals surface area (Å²) in [5, 5.41) is 12.3. The van der Waals surface area contributed by atoms with Crippen molar-refractivity contribution in [2.45, 2.75) is 25.3 Å². The van der Waals surface area contributed by atoms with Crippen molar-refractivity contribution in [3.8, 4) is 6.07 Å². The molecule has 2 aromatic rings. The van der Waals surface area contributed by atoms with Crippen molar-refractivity contribution in [3.63, 3.8) is 0 Å². The topological polar surface area (TPSA) is 112 Å². The van der Waals surface area contributed by atoms with Gasteiger partial charge in [0, 0.05) is 18.7 Å². The van der Waals surface area contributed by atoms with Crippen molar-refractivity contribution in [3.05, 3.63) is 41.0 Å². The number of hydrogen-bond acceptors (Lipinski definition) is 7. The number of hydrogen-bond donors (Lipinski definition) is 1. The largest absolute Gasteiger partial charge is 0.417 e.